The van der Waals surface area contributed by atoms with Crippen LogP contribution in [0.1, 0.15) is 50.9 Å². The predicted octanol–water partition coefficient (Wildman–Crippen LogP) is 5.50. The van der Waals surface area contributed by atoms with Crippen molar-refractivity contribution in [1.29, 1.82) is 0 Å². The standard InChI is InChI=1S/C17H24O/c1-13(2)7-5-4-6-8-15-9-10-16-11-14(3)18-17(16)12-15/h9-13H,4-8H2,1-3H3. The lowest BCUT2D eigenvalue weighted by Gasteiger charge is -2.04. The van der Waals surface area contributed by atoms with Gasteiger partial charge >= 0.3 is 0 Å². The molecule has 0 amide bonds. The number of hydrogen-bond acceptors (Lipinski definition) is 1. The van der Waals surface area contributed by atoms with Crippen LogP contribution in [0.5, 0.6) is 0 Å². The van der Waals surface area contributed by atoms with Crippen LogP contribution in [-0.4, -0.2) is 0 Å². The number of rotatable bonds is 6. The van der Waals surface area contributed by atoms with Crippen LogP contribution in [-0.2, 0) is 6.42 Å². The lowest BCUT2D eigenvalue weighted by molar-refractivity contribution is 0.527. The molecule has 18 heavy (non-hydrogen) atoms. The molecule has 0 aliphatic heterocycles. The summed E-state index contributed by atoms with van der Waals surface area (Å²) in [5.74, 6) is 1.84. The fourth-order valence-electron chi connectivity index (χ4n) is 2.42. The van der Waals surface area contributed by atoms with E-state index in [0.717, 1.165) is 17.3 Å². The van der Waals surface area contributed by atoms with Crippen LogP contribution < -0.4 is 0 Å². The highest BCUT2D eigenvalue weighted by molar-refractivity contribution is 5.78. The van der Waals surface area contributed by atoms with E-state index in [2.05, 4.69) is 38.1 Å². The number of aryl methyl sites for hydroxylation is 2. The lowest BCUT2D eigenvalue weighted by atomic mass is 10.0. The molecule has 1 heteroatoms. The molecule has 0 aliphatic carbocycles. The molecule has 98 valence electrons. The summed E-state index contributed by atoms with van der Waals surface area (Å²) in [7, 11) is 0. The average molecular weight is 244 g/mol. The molecule has 0 saturated carbocycles. The van der Waals surface area contributed by atoms with Gasteiger partial charge in [0.15, 0.2) is 0 Å². The molecular weight excluding hydrogens is 220 g/mol. The second-order valence-electron chi connectivity index (χ2n) is 5.72. The van der Waals surface area contributed by atoms with E-state index >= 15 is 0 Å². The molecule has 0 aliphatic rings. The second kappa shape index (κ2) is 6.08. The Hall–Kier alpha value is -1.24. The minimum absolute atomic E-state index is 0.840. The quantitative estimate of drug-likeness (QED) is 0.611. The zero-order chi connectivity index (χ0) is 13.0. The first-order chi connectivity index (χ1) is 8.65. The first-order valence-corrected chi connectivity index (χ1v) is 7.14. The minimum atomic E-state index is 0.840. The largest absolute Gasteiger partial charge is 0.461 e. The third kappa shape index (κ3) is 3.63. The topological polar surface area (TPSA) is 13.1 Å². The van der Waals surface area contributed by atoms with Crippen molar-refractivity contribution in [2.75, 3.05) is 0 Å². The van der Waals surface area contributed by atoms with Crippen molar-refractivity contribution in [3.05, 3.63) is 35.6 Å². The van der Waals surface area contributed by atoms with Gasteiger partial charge in [-0.25, -0.2) is 0 Å². The van der Waals surface area contributed by atoms with Crippen molar-refractivity contribution in [1.82, 2.24) is 0 Å². The number of hydrogen-bond donors (Lipinski definition) is 0. The molecule has 0 atom stereocenters. The molecule has 0 N–H and O–H groups in total. The summed E-state index contributed by atoms with van der Waals surface area (Å²) >= 11 is 0. The van der Waals surface area contributed by atoms with Crippen LogP contribution in [0.2, 0.25) is 0 Å². The van der Waals surface area contributed by atoms with Gasteiger partial charge in [0.2, 0.25) is 0 Å². The van der Waals surface area contributed by atoms with Gasteiger partial charge in [-0.05, 0) is 43.4 Å². The lowest BCUT2D eigenvalue weighted by Crippen LogP contribution is -1.89. The van der Waals surface area contributed by atoms with Gasteiger partial charge in [-0.1, -0.05) is 45.2 Å². The molecule has 2 aromatic rings. The van der Waals surface area contributed by atoms with Crippen molar-refractivity contribution >= 4 is 11.0 Å². The Morgan fingerprint density at radius 1 is 1.06 bits per heavy atom. The zero-order valence-electron chi connectivity index (χ0n) is 11.8. The van der Waals surface area contributed by atoms with Crippen LogP contribution >= 0.6 is 0 Å². The normalized spacial score (nSPS) is 11.6. The Bertz CT molecular complexity index is 493. The molecule has 0 bridgehead atoms. The first kappa shape index (κ1) is 13.2. The Balaban J connectivity index is 1.84. The fourth-order valence-corrected chi connectivity index (χ4v) is 2.42. The molecule has 2 rings (SSSR count). The summed E-state index contributed by atoms with van der Waals surface area (Å²) in [5.41, 5.74) is 2.44. The maximum Gasteiger partial charge on any atom is 0.134 e. The summed E-state index contributed by atoms with van der Waals surface area (Å²) < 4.78 is 5.67. The minimum Gasteiger partial charge on any atom is -0.461 e. The van der Waals surface area contributed by atoms with Crippen LogP contribution in [0, 0.1) is 12.8 Å². The summed E-state index contributed by atoms with van der Waals surface area (Å²) in [6, 6.07) is 8.71. The molecule has 1 aromatic carbocycles. The highest BCUT2D eigenvalue weighted by Gasteiger charge is 2.02. The summed E-state index contributed by atoms with van der Waals surface area (Å²) in [4.78, 5) is 0. The number of fused-ring (bicyclic) bond motifs is 1. The molecule has 1 aromatic heterocycles. The monoisotopic (exact) mass is 244 g/mol. The van der Waals surface area contributed by atoms with E-state index in [0.29, 0.717) is 0 Å². The molecule has 1 heterocycles. The van der Waals surface area contributed by atoms with Gasteiger partial charge in [0, 0.05) is 5.39 Å². The molecule has 0 saturated heterocycles. The molecular formula is C17H24O. The zero-order valence-corrected chi connectivity index (χ0v) is 11.8. The van der Waals surface area contributed by atoms with Crippen molar-refractivity contribution in [3.8, 4) is 0 Å². The molecule has 0 spiro atoms. The summed E-state index contributed by atoms with van der Waals surface area (Å²) in [5, 5.41) is 1.22. The van der Waals surface area contributed by atoms with E-state index in [1.807, 2.05) is 6.92 Å². The number of unbranched alkanes of at least 4 members (excludes halogenated alkanes) is 2. The van der Waals surface area contributed by atoms with Crippen molar-refractivity contribution < 1.29 is 4.42 Å². The highest BCUT2D eigenvalue weighted by Crippen LogP contribution is 2.21. The fraction of sp³-hybridized carbons (Fsp3) is 0.529. The van der Waals surface area contributed by atoms with E-state index < -0.39 is 0 Å². The van der Waals surface area contributed by atoms with E-state index in [1.54, 1.807) is 0 Å². The Kier molecular flexibility index (Phi) is 4.46. The van der Waals surface area contributed by atoms with Gasteiger partial charge in [-0.15, -0.1) is 0 Å². The Labute approximate surface area is 110 Å². The molecule has 0 radical (unpaired) electrons. The summed E-state index contributed by atoms with van der Waals surface area (Å²) in [6.07, 6.45) is 6.52. The average Bonchev–Trinajstić information content (AvgIpc) is 2.67. The van der Waals surface area contributed by atoms with E-state index in [-0.39, 0.29) is 0 Å². The molecule has 1 nitrogen and oxygen atoms in total. The smallest absolute Gasteiger partial charge is 0.134 e. The van der Waals surface area contributed by atoms with Gasteiger partial charge in [-0.2, -0.15) is 0 Å². The van der Waals surface area contributed by atoms with Crippen molar-refractivity contribution in [2.24, 2.45) is 5.92 Å². The third-order valence-electron chi connectivity index (χ3n) is 3.45. The number of benzene rings is 1. The SMILES string of the molecule is Cc1cc2ccc(CCCCCC(C)C)cc2o1. The van der Waals surface area contributed by atoms with Crippen LogP contribution in [0.3, 0.4) is 0 Å². The number of furan rings is 1. The maximum atomic E-state index is 5.67. The van der Waals surface area contributed by atoms with Crippen molar-refractivity contribution in [3.63, 3.8) is 0 Å². The van der Waals surface area contributed by atoms with E-state index in [1.165, 1.54) is 43.1 Å². The predicted molar refractivity (Wildman–Crippen MR) is 78.0 cm³/mol. The van der Waals surface area contributed by atoms with E-state index in [9.17, 15) is 0 Å². The van der Waals surface area contributed by atoms with Gasteiger partial charge < -0.3 is 4.42 Å². The Morgan fingerprint density at radius 2 is 1.89 bits per heavy atom. The van der Waals surface area contributed by atoms with E-state index in [4.69, 9.17) is 4.42 Å². The molecule has 0 unspecified atom stereocenters. The molecule has 0 fully saturated rings. The first-order valence-electron chi connectivity index (χ1n) is 7.14. The van der Waals surface area contributed by atoms with Gasteiger partial charge in [0.05, 0.1) is 0 Å². The summed E-state index contributed by atoms with van der Waals surface area (Å²) in [6.45, 7) is 6.60. The Morgan fingerprint density at radius 3 is 2.67 bits per heavy atom. The van der Waals surface area contributed by atoms with Crippen LogP contribution in [0.4, 0.5) is 0 Å². The highest BCUT2D eigenvalue weighted by atomic mass is 16.3. The van der Waals surface area contributed by atoms with Crippen LogP contribution in [0.15, 0.2) is 28.7 Å². The van der Waals surface area contributed by atoms with Gasteiger partial charge in [-0.3, -0.25) is 0 Å². The second-order valence-corrected chi connectivity index (χ2v) is 5.72. The van der Waals surface area contributed by atoms with Gasteiger partial charge in [0.1, 0.15) is 11.3 Å². The van der Waals surface area contributed by atoms with Crippen LogP contribution in [0.25, 0.3) is 11.0 Å². The third-order valence-corrected chi connectivity index (χ3v) is 3.45. The van der Waals surface area contributed by atoms with Crippen molar-refractivity contribution in [2.45, 2.75) is 52.9 Å². The van der Waals surface area contributed by atoms with Gasteiger partial charge in [0.25, 0.3) is 0 Å². The maximum absolute atomic E-state index is 5.67.